The van der Waals surface area contributed by atoms with E-state index in [-0.39, 0.29) is 5.75 Å². The highest BCUT2D eigenvalue weighted by Crippen LogP contribution is 2.30. The second-order valence-corrected chi connectivity index (χ2v) is 7.67. The number of aryl methyl sites for hydroxylation is 1. The first-order valence-electron chi connectivity index (χ1n) is 7.74. The van der Waals surface area contributed by atoms with E-state index in [1.54, 1.807) is 35.6 Å². The normalized spacial score (nSPS) is 11.8. The number of fused-ring (bicyclic) bond motifs is 2. The average Bonchev–Trinajstić information content (AvgIpc) is 3.23. The van der Waals surface area contributed by atoms with Crippen molar-refractivity contribution in [3.63, 3.8) is 0 Å². The zero-order valence-corrected chi connectivity index (χ0v) is 16.4. The molecule has 2 N–H and O–H groups in total. The second kappa shape index (κ2) is 7.98. The number of aromatic hydroxyl groups is 1. The first kappa shape index (κ1) is 19.8. The van der Waals surface area contributed by atoms with Crippen molar-refractivity contribution in [3.05, 3.63) is 42.6 Å². The molecule has 0 aliphatic carbocycles. The van der Waals surface area contributed by atoms with Crippen LogP contribution in [-0.4, -0.2) is 35.4 Å². The number of H-pyrrole nitrogens is 1. The lowest BCUT2D eigenvalue weighted by Gasteiger charge is -1.98. The molecule has 0 radical (unpaired) electrons. The molecule has 12 heteroatoms. The summed E-state index contributed by atoms with van der Waals surface area (Å²) in [5.74, 6) is 0.218. The van der Waals surface area contributed by atoms with E-state index in [0.29, 0.717) is 5.69 Å². The summed E-state index contributed by atoms with van der Waals surface area (Å²) in [6.07, 6.45) is 1.81. The van der Waals surface area contributed by atoms with Gasteiger partial charge in [0.25, 0.3) is 0 Å². The zero-order valence-electron chi connectivity index (χ0n) is 14.7. The van der Waals surface area contributed by atoms with Gasteiger partial charge in [-0.25, -0.2) is 13.0 Å². The van der Waals surface area contributed by atoms with Crippen LogP contribution in [0.5, 0.6) is 5.75 Å². The number of thiazole rings is 1. The molecule has 0 amide bonds. The maximum Gasteiger partial charge on any atom is 0.409 e. The highest BCUT2D eigenvalue weighted by Gasteiger charge is 2.17. The molecule has 0 bridgehead atoms. The van der Waals surface area contributed by atoms with Gasteiger partial charge in [0, 0.05) is 11.5 Å². The molecule has 2 aromatic heterocycles. The molecule has 28 heavy (non-hydrogen) atoms. The number of aromatic amines is 1. The van der Waals surface area contributed by atoms with Crippen molar-refractivity contribution in [1.82, 2.24) is 10.2 Å². The van der Waals surface area contributed by atoms with Crippen LogP contribution in [0.15, 0.2) is 52.8 Å². The SMILES string of the molecule is COS(=O)(=O)[O-].C[n+]1c(/N=N/c2ccc(O)cc2)sc2cc3cn[nH]c3cc21. The fraction of sp³-hybridized carbons (Fsp3) is 0.125. The summed E-state index contributed by atoms with van der Waals surface area (Å²) in [5.41, 5.74) is 2.79. The van der Waals surface area contributed by atoms with Crippen LogP contribution in [0.3, 0.4) is 0 Å². The number of nitrogens with one attached hydrogen (secondary N) is 1. The molecule has 0 saturated heterocycles. The quantitative estimate of drug-likeness (QED) is 0.225. The van der Waals surface area contributed by atoms with Crippen molar-refractivity contribution in [3.8, 4) is 5.75 Å². The summed E-state index contributed by atoms with van der Waals surface area (Å²) in [7, 11) is -1.64. The first-order chi connectivity index (χ1) is 13.3. The third-order valence-corrected chi connectivity index (χ3v) is 5.17. The zero-order chi connectivity index (χ0) is 20.3. The van der Waals surface area contributed by atoms with E-state index in [4.69, 9.17) is 0 Å². The Kier molecular flexibility index (Phi) is 5.65. The monoisotopic (exact) mass is 421 g/mol. The van der Waals surface area contributed by atoms with Crippen molar-refractivity contribution >= 4 is 53.7 Å². The predicted octanol–water partition coefficient (Wildman–Crippen LogP) is 2.82. The van der Waals surface area contributed by atoms with Crippen molar-refractivity contribution < 1.29 is 26.8 Å². The third kappa shape index (κ3) is 4.67. The molecule has 146 valence electrons. The molecule has 0 atom stereocenters. The predicted molar refractivity (Wildman–Crippen MR) is 102 cm³/mol. The standard InChI is InChI=1S/C15H11N5OS.CH4O4S/c1-20-13-7-12-9(8-16-18-12)6-14(13)22-15(20)19-17-10-2-4-11(21)5-3-10;1-5-6(2,3)4/h2-8H,1H3,(H,16,18);1H3,(H,2,3,4). The van der Waals surface area contributed by atoms with Gasteiger partial charge in [0.1, 0.15) is 17.0 Å². The summed E-state index contributed by atoms with van der Waals surface area (Å²) in [6.45, 7) is 0. The van der Waals surface area contributed by atoms with Crippen LogP contribution >= 0.6 is 11.3 Å². The fourth-order valence-corrected chi connectivity index (χ4v) is 3.28. The Labute approximate surface area is 163 Å². The summed E-state index contributed by atoms with van der Waals surface area (Å²) >= 11 is 1.58. The minimum atomic E-state index is -4.41. The molecule has 0 aliphatic heterocycles. The molecular formula is C16H15N5O5S2. The number of benzene rings is 2. The number of aromatic nitrogens is 3. The molecule has 10 nitrogen and oxygen atoms in total. The first-order valence-corrected chi connectivity index (χ1v) is 9.89. The van der Waals surface area contributed by atoms with Crippen LogP contribution in [0.2, 0.25) is 0 Å². The molecule has 0 unspecified atom stereocenters. The van der Waals surface area contributed by atoms with Crippen molar-refractivity contribution in [2.45, 2.75) is 0 Å². The van der Waals surface area contributed by atoms with Gasteiger partial charge in [0.2, 0.25) is 10.4 Å². The summed E-state index contributed by atoms with van der Waals surface area (Å²) < 4.78 is 34.2. The van der Waals surface area contributed by atoms with E-state index in [9.17, 15) is 18.1 Å². The van der Waals surface area contributed by atoms with Gasteiger partial charge in [-0.1, -0.05) is 0 Å². The van der Waals surface area contributed by atoms with Crippen LogP contribution in [0.1, 0.15) is 0 Å². The van der Waals surface area contributed by atoms with Crippen LogP contribution < -0.4 is 4.57 Å². The summed E-state index contributed by atoms with van der Waals surface area (Å²) in [6, 6.07) is 10.8. The molecule has 4 rings (SSSR count). The van der Waals surface area contributed by atoms with E-state index in [1.165, 1.54) is 0 Å². The van der Waals surface area contributed by atoms with Gasteiger partial charge in [-0.2, -0.15) is 5.10 Å². The average molecular weight is 421 g/mol. The number of phenols is 1. The number of hydrogen-bond donors (Lipinski definition) is 2. The Hall–Kier alpha value is -2.93. The van der Waals surface area contributed by atoms with E-state index in [1.807, 2.05) is 17.8 Å². The minimum absolute atomic E-state index is 0.218. The van der Waals surface area contributed by atoms with Gasteiger partial charge in [-0.15, -0.1) is 0 Å². The number of hydrogen-bond acceptors (Lipinski definition) is 9. The third-order valence-electron chi connectivity index (χ3n) is 3.67. The largest absolute Gasteiger partial charge is 0.726 e. The Balaban J connectivity index is 0.000000330. The molecule has 0 aliphatic rings. The Bertz CT molecular complexity index is 1250. The van der Waals surface area contributed by atoms with Gasteiger partial charge in [-0.05, 0) is 46.8 Å². The molecule has 2 aromatic carbocycles. The number of phenolic OH excluding ortho intramolecular Hbond substituents is 1. The molecule has 0 spiro atoms. The van der Waals surface area contributed by atoms with Crippen molar-refractivity contribution in [1.29, 1.82) is 0 Å². The highest BCUT2D eigenvalue weighted by atomic mass is 32.3. The molecular weight excluding hydrogens is 406 g/mol. The van der Waals surface area contributed by atoms with Gasteiger partial charge in [-0.3, -0.25) is 9.28 Å². The van der Waals surface area contributed by atoms with Gasteiger partial charge in [0.05, 0.1) is 35.7 Å². The fourth-order valence-electron chi connectivity index (χ4n) is 2.28. The van der Waals surface area contributed by atoms with Crippen LogP contribution in [-0.2, 0) is 21.6 Å². The lowest BCUT2D eigenvalue weighted by Crippen LogP contribution is -2.25. The van der Waals surface area contributed by atoms with E-state index >= 15 is 0 Å². The number of azo groups is 1. The summed E-state index contributed by atoms with van der Waals surface area (Å²) in [5, 5.41) is 26.7. The van der Waals surface area contributed by atoms with E-state index in [2.05, 4.69) is 36.7 Å². The van der Waals surface area contributed by atoms with Crippen LogP contribution in [0.25, 0.3) is 21.1 Å². The Morgan fingerprint density at radius 3 is 2.57 bits per heavy atom. The summed E-state index contributed by atoms with van der Waals surface area (Å²) in [4.78, 5) is 0. The van der Waals surface area contributed by atoms with Crippen LogP contribution in [0.4, 0.5) is 10.8 Å². The molecule has 0 fully saturated rings. The molecule has 0 saturated carbocycles. The maximum atomic E-state index is 9.27. The number of nitrogens with zero attached hydrogens (tertiary/aromatic N) is 4. The molecule has 4 aromatic rings. The van der Waals surface area contributed by atoms with Gasteiger partial charge in [0.15, 0.2) is 0 Å². The van der Waals surface area contributed by atoms with E-state index in [0.717, 1.165) is 33.4 Å². The van der Waals surface area contributed by atoms with Crippen molar-refractivity contribution in [2.75, 3.05) is 7.11 Å². The maximum absolute atomic E-state index is 9.27. The lowest BCUT2D eigenvalue weighted by atomic mass is 10.2. The van der Waals surface area contributed by atoms with E-state index < -0.39 is 10.4 Å². The molecule has 2 heterocycles. The minimum Gasteiger partial charge on any atom is -0.726 e. The Morgan fingerprint density at radius 1 is 1.25 bits per heavy atom. The number of rotatable bonds is 3. The van der Waals surface area contributed by atoms with Gasteiger partial charge < -0.3 is 9.66 Å². The second-order valence-electron chi connectivity index (χ2n) is 5.51. The highest BCUT2D eigenvalue weighted by molar-refractivity contribution is 7.80. The van der Waals surface area contributed by atoms with Gasteiger partial charge >= 0.3 is 5.13 Å². The smallest absolute Gasteiger partial charge is 0.409 e. The topological polar surface area (TPSA) is 144 Å². The van der Waals surface area contributed by atoms with Crippen LogP contribution in [0, 0.1) is 0 Å². The Morgan fingerprint density at radius 2 is 1.93 bits per heavy atom. The lowest BCUT2D eigenvalue weighted by molar-refractivity contribution is -0.627. The van der Waals surface area contributed by atoms with Crippen molar-refractivity contribution in [2.24, 2.45) is 17.3 Å².